The van der Waals surface area contributed by atoms with Crippen molar-refractivity contribution < 1.29 is 13.9 Å². The maximum absolute atomic E-state index is 14.5. The molecule has 0 bridgehead atoms. The molecule has 0 radical (unpaired) electrons. The van der Waals surface area contributed by atoms with Gasteiger partial charge in [-0.05, 0) is 30.3 Å². The number of nitrogens with one attached hydrogen (secondary N) is 1. The maximum Gasteiger partial charge on any atom is 0.246 e. The molecule has 1 aromatic heterocycles. The number of rotatable bonds is 5. The topological polar surface area (TPSA) is 72.3 Å². The molecule has 1 amide bonds. The van der Waals surface area contributed by atoms with Crippen LogP contribution in [0.2, 0.25) is 0 Å². The van der Waals surface area contributed by atoms with Gasteiger partial charge in [-0.2, -0.15) is 0 Å². The second-order valence-corrected chi connectivity index (χ2v) is 6.48. The monoisotopic (exact) mass is 381 g/mol. The van der Waals surface area contributed by atoms with Gasteiger partial charge < -0.3 is 10.1 Å². The van der Waals surface area contributed by atoms with Crippen LogP contribution in [0, 0.1) is 5.82 Å². The van der Waals surface area contributed by atoms with Gasteiger partial charge in [0.15, 0.2) is 0 Å². The number of benzene rings is 2. The Hall–Kier alpha value is -3.10. The minimum absolute atomic E-state index is 0.274. The van der Waals surface area contributed by atoms with Crippen molar-refractivity contribution >= 4 is 11.6 Å². The predicted molar refractivity (Wildman–Crippen MR) is 102 cm³/mol. The van der Waals surface area contributed by atoms with Gasteiger partial charge >= 0.3 is 0 Å². The number of anilines is 1. The van der Waals surface area contributed by atoms with E-state index in [-0.39, 0.29) is 5.91 Å². The van der Waals surface area contributed by atoms with Crippen LogP contribution in [0.3, 0.4) is 0 Å². The molecule has 0 spiro atoms. The van der Waals surface area contributed by atoms with E-state index in [4.69, 9.17) is 4.74 Å². The molecular weight excluding hydrogens is 361 g/mol. The summed E-state index contributed by atoms with van der Waals surface area (Å²) in [4.78, 5) is 15.0. The fourth-order valence-corrected chi connectivity index (χ4v) is 3.30. The van der Waals surface area contributed by atoms with Crippen molar-refractivity contribution in [2.45, 2.75) is 6.04 Å². The van der Waals surface area contributed by atoms with Gasteiger partial charge in [0.05, 0.1) is 13.2 Å². The number of carbonyl (C=O) groups is 1. The molecule has 1 N–H and O–H groups in total. The lowest BCUT2D eigenvalue weighted by Crippen LogP contribution is -2.44. The summed E-state index contributed by atoms with van der Waals surface area (Å²) in [6, 6.07) is 13.0. The van der Waals surface area contributed by atoms with Crippen LogP contribution in [-0.4, -0.2) is 51.9 Å². The van der Waals surface area contributed by atoms with E-state index in [2.05, 4.69) is 15.5 Å². The van der Waals surface area contributed by atoms with Crippen molar-refractivity contribution in [3.63, 3.8) is 0 Å². The number of nitrogens with zero attached hydrogens (tertiary/aromatic N) is 4. The van der Waals surface area contributed by atoms with E-state index in [1.54, 1.807) is 47.6 Å². The first-order valence-corrected chi connectivity index (χ1v) is 9.04. The van der Waals surface area contributed by atoms with Crippen LogP contribution in [0.25, 0.3) is 5.69 Å². The van der Waals surface area contributed by atoms with Crippen LogP contribution in [0.4, 0.5) is 10.1 Å². The number of ether oxygens (including phenoxy) is 1. The normalized spacial score (nSPS) is 15.9. The smallest absolute Gasteiger partial charge is 0.246 e. The van der Waals surface area contributed by atoms with Gasteiger partial charge in [-0.25, -0.2) is 4.39 Å². The fraction of sp³-hybridized carbons (Fsp3) is 0.250. The number of hydrogen-bond donors (Lipinski definition) is 1. The highest BCUT2D eigenvalue weighted by Crippen LogP contribution is 2.26. The molecule has 0 unspecified atom stereocenters. The Balaban J connectivity index is 1.56. The van der Waals surface area contributed by atoms with E-state index >= 15 is 0 Å². The third-order valence-corrected chi connectivity index (χ3v) is 4.71. The first-order valence-electron chi connectivity index (χ1n) is 9.04. The van der Waals surface area contributed by atoms with Gasteiger partial charge in [-0.1, -0.05) is 18.2 Å². The van der Waals surface area contributed by atoms with Crippen molar-refractivity contribution in [3.8, 4) is 5.69 Å². The lowest BCUT2D eigenvalue weighted by molar-refractivity contribution is -0.123. The number of amides is 1. The fourth-order valence-electron chi connectivity index (χ4n) is 3.30. The second-order valence-electron chi connectivity index (χ2n) is 6.48. The van der Waals surface area contributed by atoms with Gasteiger partial charge in [-0.15, -0.1) is 10.2 Å². The van der Waals surface area contributed by atoms with Crippen molar-refractivity contribution in [2.24, 2.45) is 0 Å². The molecule has 0 aliphatic carbocycles. The molecular formula is C20H20FN5O2. The van der Waals surface area contributed by atoms with Crippen LogP contribution in [-0.2, 0) is 9.53 Å². The number of hydrogen-bond acceptors (Lipinski definition) is 5. The molecule has 2 aromatic carbocycles. The molecule has 8 heteroatoms. The van der Waals surface area contributed by atoms with Crippen molar-refractivity contribution in [2.75, 3.05) is 31.6 Å². The van der Waals surface area contributed by atoms with Gasteiger partial charge in [0.1, 0.15) is 24.5 Å². The summed E-state index contributed by atoms with van der Waals surface area (Å²) in [5, 5.41) is 10.5. The lowest BCUT2D eigenvalue weighted by atomic mass is 10.0. The van der Waals surface area contributed by atoms with Crippen LogP contribution >= 0.6 is 0 Å². The van der Waals surface area contributed by atoms with Crippen molar-refractivity contribution in [1.82, 2.24) is 19.7 Å². The SMILES string of the molecule is O=C(Nc1ccc(-n2cnnc2)cc1)[C@@H](c1ccccc1F)N1CCOCC1. The number of aromatic nitrogens is 3. The van der Waals surface area contributed by atoms with E-state index in [1.165, 1.54) is 6.07 Å². The standard InChI is InChI=1S/C20H20FN5O2/c21-18-4-2-1-3-17(18)19(25-9-11-28-12-10-25)20(27)24-15-5-7-16(8-6-15)26-13-22-23-14-26/h1-8,13-14,19H,9-12H2,(H,24,27)/t19-/m1/s1. The van der Waals surface area contributed by atoms with Gasteiger partial charge in [0.2, 0.25) is 5.91 Å². The highest BCUT2D eigenvalue weighted by atomic mass is 19.1. The van der Waals surface area contributed by atoms with Crippen LogP contribution in [0.1, 0.15) is 11.6 Å². The Morgan fingerprint density at radius 2 is 1.71 bits per heavy atom. The Kier molecular flexibility index (Phi) is 5.41. The first-order chi connectivity index (χ1) is 13.7. The zero-order valence-electron chi connectivity index (χ0n) is 15.2. The van der Waals surface area contributed by atoms with Gasteiger partial charge in [0.25, 0.3) is 0 Å². The molecule has 1 saturated heterocycles. The van der Waals surface area contributed by atoms with Crippen LogP contribution < -0.4 is 5.32 Å². The first kappa shape index (κ1) is 18.3. The molecule has 28 heavy (non-hydrogen) atoms. The van der Waals surface area contributed by atoms with Gasteiger partial charge in [0, 0.05) is 30.0 Å². The molecule has 1 aliphatic heterocycles. The molecule has 2 heterocycles. The van der Waals surface area contributed by atoms with Crippen molar-refractivity contribution in [3.05, 3.63) is 72.6 Å². The summed E-state index contributed by atoms with van der Waals surface area (Å²) in [5.74, 6) is -0.666. The molecule has 0 saturated carbocycles. The quantitative estimate of drug-likeness (QED) is 0.735. The molecule has 3 aromatic rings. The minimum atomic E-state index is -0.720. The van der Waals surface area contributed by atoms with E-state index in [0.29, 0.717) is 37.6 Å². The largest absolute Gasteiger partial charge is 0.379 e. The zero-order chi connectivity index (χ0) is 19.3. The van der Waals surface area contributed by atoms with Crippen molar-refractivity contribution in [1.29, 1.82) is 0 Å². The molecule has 4 rings (SSSR count). The lowest BCUT2D eigenvalue weighted by Gasteiger charge is -2.33. The number of carbonyl (C=O) groups excluding carboxylic acids is 1. The molecule has 7 nitrogen and oxygen atoms in total. The summed E-state index contributed by atoms with van der Waals surface area (Å²) in [5.41, 5.74) is 1.88. The van der Waals surface area contributed by atoms with Crippen LogP contribution in [0.5, 0.6) is 0 Å². The second kappa shape index (κ2) is 8.28. The van der Waals surface area contributed by atoms with E-state index in [9.17, 15) is 9.18 Å². The number of morpholine rings is 1. The highest BCUT2D eigenvalue weighted by Gasteiger charge is 2.31. The maximum atomic E-state index is 14.5. The third-order valence-electron chi connectivity index (χ3n) is 4.71. The van der Waals surface area contributed by atoms with E-state index in [0.717, 1.165) is 5.69 Å². The average molecular weight is 381 g/mol. The zero-order valence-corrected chi connectivity index (χ0v) is 15.2. The highest BCUT2D eigenvalue weighted by molar-refractivity contribution is 5.95. The predicted octanol–water partition coefficient (Wildman–Crippen LogP) is 2.42. The Bertz CT molecular complexity index is 924. The summed E-state index contributed by atoms with van der Waals surface area (Å²) < 4.78 is 21.6. The van der Waals surface area contributed by atoms with Gasteiger partial charge in [-0.3, -0.25) is 14.3 Å². The molecule has 1 fully saturated rings. The Labute approximate surface area is 161 Å². The molecule has 1 aliphatic rings. The van der Waals surface area contributed by atoms with Crippen LogP contribution in [0.15, 0.2) is 61.2 Å². The molecule has 1 atom stereocenters. The average Bonchev–Trinajstić information content (AvgIpc) is 3.26. The summed E-state index contributed by atoms with van der Waals surface area (Å²) in [7, 11) is 0. The summed E-state index contributed by atoms with van der Waals surface area (Å²) in [6.45, 7) is 2.18. The van der Waals surface area contributed by atoms with E-state index in [1.807, 2.05) is 17.0 Å². The minimum Gasteiger partial charge on any atom is -0.379 e. The van der Waals surface area contributed by atoms with E-state index < -0.39 is 11.9 Å². The third kappa shape index (κ3) is 3.92. The Morgan fingerprint density at radius 3 is 2.39 bits per heavy atom. The molecule has 144 valence electrons. The summed E-state index contributed by atoms with van der Waals surface area (Å²) >= 11 is 0. The number of halogens is 1. The summed E-state index contributed by atoms with van der Waals surface area (Å²) in [6.07, 6.45) is 3.19. The Morgan fingerprint density at radius 1 is 1.04 bits per heavy atom.